The van der Waals surface area contributed by atoms with Crippen LogP contribution in [-0.2, 0) is 19.1 Å². The van der Waals surface area contributed by atoms with E-state index in [9.17, 15) is 9.59 Å². The first-order valence-electron chi connectivity index (χ1n) is 6.56. The molecule has 0 unspecified atom stereocenters. The molecule has 0 aromatic carbocycles. The van der Waals surface area contributed by atoms with E-state index in [4.69, 9.17) is 32.7 Å². The number of rotatable bonds is 15. The van der Waals surface area contributed by atoms with Gasteiger partial charge in [0, 0.05) is 39.0 Å². The van der Waals surface area contributed by atoms with E-state index in [0.29, 0.717) is 65.4 Å². The fourth-order valence-corrected chi connectivity index (χ4v) is 1.42. The van der Waals surface area contributed by atoms with Gasteiger partial charge in [0.15, 0.2) is 0 Å². The molecular weight excluding hydrogens is 307 g/mol. The average molecular weight is 329 g/mol. The third-order valence-electron chi connectivity index (χ3n) is 2.22. The van der Waals surface area contributed by atoms with Crippen LogP contribution < -0.4 is 10.6 Å². The van der Waals surface area contributed by atoms with Crippen LogP contribution in [0.4, 0.5) is 0 Å². The van der Waals surface area contributed by atoms with Crippen LogP contribution in [-0.4, -0.2) is 63.1 Å². The van der Waals surface area contributed by atoms with Crippen molar-refractivity contribution in [1.29, 1.82) is 0 Å². The highest BCUT2D eigenvalue weighted by Crippen LogP contribution is 1.86. The highest BCUT2D eigenvalue weighted by molar-refractivity contribution is 6.63. The monoisotopic (exact) mass is 328 g/mol. The van der Waals surface area contributed by atoms with Crippen LogP contribution in [0.25, 0.3) is 0 Å². The van der Waals surface area contributed by atoms with Crippen molar-refractivity contribution in [2.75, 3.05) is 52.6 Å². The third-order valence-corrected chi connectivity index (χ3v) is 2.59. The van der Waals surface area contributed by atoms with E-state index >= 15 is 0 Å². The van der Waals surface area contributed by atoms with Gasteiger partial charge in [-0.25, -0.2) is 0 Å². The smallest absolute Gasteiger partial charge is 0.222 e. The van der Waals surface area contributed by atoms with E-state index in [1.807, 2.05) is 0 Å². The third kappa shape index (κ3) is 17.8. The summed E-state index contributed by atoms with van der Waals surface area (Å²) in [5.41, 5.74) is 0. The lowest BCUT2D eigenvalue weighted by Crippen LogP contribution is -2.24. The lowest BCUT2D eigenvalue weighted by atomic mass is 10.4. The summed E-state index contributed by atoms with van der Waals surface area (Å²) in [5.74, 6) is 0. The van der Waals surface area contributed by atoms with Crippen molar-refractivity contribution in [1.82, 2.24) is 10.6 Å². The Labute approximate surface area is 129 Å². The van der Waals surface area contributed by atoms with E-state index in [-0.39, 0.29) is 10.5 Å². The molecule has 0 spiro atoms. The zero-order valence-corrected chi connectivity index (χ0v) is 13.0. The summed E-state index contributed by atoms with van der Waals surface area (Å²) >= 11 is 10.4. The molecule has 0 heterocycles. The van der Waals surface area contributed by atoms with E-state index in [0.717, 1.165) is 0 Å². The summed E-state index contributed by atoms with van der Waals surface area (Å²) < 4.78 is 10.6. The number of hydrogen-bond acceptors (Lipinski definition) is 6. The molecule has 0 rings (SSSR count). The van der Waals surface area contributed by atoms with Gasteiger partial charge < -0.3 is 20.1 Å². The maximum absolute atomic E-state index is 10.4. The van der Waals surface area contributed by atoms with Crippen LogP contribution in [0, 0.1) is 0 Å². The molecule has 0 aliphatic heterocycles. The molecule has 6 nitrogen and oxygen atoms in total. The number of halogens is 2. The first-order valence-corrected chi connectivity index (χ1v) is 7.32. The molecule has 2 N–H and O–H groups in total. The van der Waals surface area contributed by atoms with E-state index in [1.165, 1.54) is 0 Å². The van der Waals surface area contributed by atoms with E-state index in [2.05, 4.69) is 10.6 Å². The zero-order chi connectivity index (χ0) is 15.1. The molecule has 118 valence electrons. The Balaban J connectivity index is 2.99. The Kier molecular flexibility index (Phi) is 15.0. The standard InChI is InChI=1S/C12H22Cl2N2O4/c13-11(17)1-3-15-5-7-19-9-10-20-8-6-16-4-2-12(14)18/h15-16H,1-10H2. The Morgan fingerprint density at radius 1 is 0.700 bits per heavy atom. The van der Waals surface area contributed by atoms with Crippen molar-refractivity contribution >= 4 is 33.7 Å². The van der Waals surface area contributed by atoms with Gasteiger partial charge in [-0.2, -0.15) is 0 Å². The molecule has 0 saturated heterocycles. The summed E-state index contributed by atoms with van der Waals surface area (Å²) in [7, 11) is 0. The van der Waals surface area contributed by atoms with Crippen LogP contribution in [0.2, 0.25) is 0 Å². The van der Waals surface area contributed by atoms with Crippen molar-refractivity contribution in [3.8, 4) is 0 Å². The Morgan fingerprint density at radius 3 is 1.45 bits per heavy atom. The van der Waals surface area contributed by atoms with Gasteiger partial charge in [0.25, 0.3) is 0 Å². The average Bonchev–Trinajstić information content (AvgIpc) is 2.38. The minimum Gasteiger partial charge on any atom is -0.378 e. The lowest BCUT2D eigenvalue weighted by Gasteiger charge is -2.07. The molecule has 0 aromatic rings. The summed E-state index contributed by atoms with van der Waals surface area (Å²) in [6, 6.07) is 0. The molecular formula is C12H22Cl2N2O4. The lowest BCUT2D eigenvalue weighted by molar-refractivity contribution is -0.112. The van der Waals surface area contributed by atoms with Gasteiger partial charge in [-0.1, -0.05) is 0 Å². The predicted octanol–water partition coefficient (Wildman–Crippen LogP) is 0.510. The topological polar surface area (TPSA) is 76.7 Å². The maximum Gasteiger partial charge on any atom is 0.222 e. The summed E-state index contributed by atoms with van der Waals surface area (Å²) in [6.07, 6.45) is 0.653. The van der Waals surface area contributed by atoms with E-state index < -0.39 is 0 Å². The van der Waals surface area contributed by atoms with Crippen molar-refractivity contribution in [3.63, 3.8) is 0 Å². The van der Waals surface area contributed by atoms with Crippen molar-refractivity contribution in [2.24, 2.45) is 0 Å². The normalized spacial score (nSPS) is 10.7. The molecule has 0 atom stereocenters. The molecule has 0 amide bonds. The van der Waals surface area contributed by atoms with Gasteiger partial charge in [0.05, 0.1) is 26.4 Å². The van der Waals surface area contributed by atoms with Crippen LogP contribution in [0.15, 0.2) is 0 Å². The second-order valence-electron chi connectivity index (χ2n) is 3.93. The Bertz CT molecular complexity index is 242. The zero-order valence-electron chi connectivity index (χ0n) is 11.5. The molecule has 8 heteroatoms. The largest absolute Gasteiger partial charge is 0.378 e. The van der Waals surface area contributed by atoms with Gasteiger partial charge in [-0.15, -0.1) is 0 Å². The van der Waals surface area contributed by atoms with Gasteiger partial charge in [0.2, 0.25) is 10.5 Å². The molecule has 0 fully saturated rings. The molecule has 0 radical (unpaired) electrons. The van der Waals surface area contributed by atoms with Crippen LogP contribution >= 0.6 is 23.2 Å². The second kappa shape index (κ2) is 15.2. The highest BCUT2D eigenvalue weighted by atomic mass is 35.5. The number of ether oxygens (including phenoxy) is 2. The van der Waals surface area contributed by atoms with Crippen molar-refractivity contribution < 1.29 is 19.1 Å². The van der Waals surface area contributed by atoms with Gasteiger partial charge in [0.1, 0.15) is 0 Å². The first-order chi connectivity index (χ1) is 9.63. The fraction of sp³-hybridized carbons (Fsp3) is 0.833. The predicted molar refractivity (Wildman–Crippen MR) is 78.3 cm³/mol. The Morgan fingerprint density at radius 2 is 1.10 bits per heavy atom. The van der Waals surface area contributed by atoms with Crippen LogP contribution in [0.5, 0.6) is 0 Å². The van der Waals surface area contributed by atoms with Gasteiger partial charge >= 0.3 is 0 Å². The molecule has 0 aromatic heterocycles. The highest BCUT2D eigenvalue weighted by Gasteiger charge is 1.96. The number of carbonyl (C=O) groups is 2. The number of hydrogen-bond donors (Lipinski definition) is 2. The molecule has 0 bridgehead atoms. The summed E-state index contributed by atoms with van der Waals surface area (Å²) in [5, 5.41) is 5.39. The number of nitrogens with one attached hydrogen (secondary N) is 2. The quantitative estimate of drug-likeness (QED) is 0.337. The molecule has 20 heavy (non-hydrogen) atoms. The van der Waals surface area contributed by atoms with E-state index in [1.54, 1.807) is 0 Å². The maximum atomic E-state index is 10.4. The first kappa shape index (κ1) is 19.8. The minimum atomic E-state index is -0.337. The SMILES string of the molecule is O=C(Cl)CCNCCOCCOCCNCCC(=O)Cl. The molecule has 0 saturated carbocycles. The number of carbonyl (C=O) groups excluding carboxylic acids is 2. The minimum absolute atomic E-state index is 0.326. The summed E-state index contributed by atoms with van der Waals surface area (Å²) in [6.45, 7) is 4.67. The van der Waals surface area contributed by atoms with Crippen LogP contribution in [0.3, 0.4) is 0 Å². The van der Waals surface area contributed by atoms with Gasteiger partial charge in [-0.3, -0.25) is 9.59 Å². The Hall–Kier alpha value is -0.240. The fourth-order valence-electron chi connectivity index (χ4n) is 1.23. The van der Waals surface area contributed by atoms with Crippen molar-refractivity contribution in [2.45, 2.75) is 12.8 Å². The molecule has 0 aliphatic carbocycles. The van der Waals surface area contributed by atoms with Gasteiger partial charge in [-0.05, 0) is 23.2 Å². The van der Waals surface area contributed by atoms with Crippen LogP contribution in [0.1, 0.15) is 12.8 Å². The van der Waals surface area contributed by atoms with Crippen molar-refractivity contribution in [3.05, 3.63) is 0 Å². The summed E-state index contributed by atoms with van der Waals surface area (Å²) in [4.78, 5) is 20.9. The molecule has 0 aliphatic rings. The second-order valence-corrected chi connectivity index (χ2v) is 4.78.